The van der Waals surface area contributed by atoms with E-state index in [4.69, 9.17) is 4.74 Å². The van der Waals surface area contributed by atoms with E-state index in [1.54, 1.807) is 0 Å². The second kappa shape index (κ2) is 7.48. The van der Waals surface area contributed by atoms with Gasteiger partial charge in [0.1, 0.15) is 0 Å². The predicted molar refractivity (Wildman–Crippen MR) is 106 cm³/mol. The number of nitrogens with zero attached hydrogens (tertiary/aromatic N) is 2. The maximum atomic E-state index is 6.12. The molecule has 1 aliphatic carbocycles. The second-order valence-corrected chi connectivity index (χ2v) is 10.8. The summed E-state index contributed by atoms with van der Waals surface area (Å²) in [6.45, 7) is 18.9. The van der Waals surface area contributed by atoms with Gasteiger partial charge in [0.25, 0.3) is 0 Å². The van der Waals surface area contributed by atoms with Crippen LogP contribution < -0.4 is 0 Å². The van der Waals surface area contributed by atoms with E-state index in [1.807, 2.05) is 0 Å². The van der Waals surface area contributed by atoms with Crippen molar-refractivity contribution < 1.29 is 4.74 Å². The van der Waals surface area contributed by atoms with Crippen LogP contribution in [0.2, 0.25) is 0 Å². The third-order valence-electron chi connectivity index (χ3n) is 6.84. The molecule has 0 atom stereocenters. The van der Waals surface area contributed by atoms with Gasteiger partial charge in [-0.05, 0) is 118 Å². The van der Waals surface area contributed by atoms with Crippen LogP contribution in [0.4, 0.5) is 0 Å². The van der Waals surface area contributed by atoms with E-state index in [-0.39, 0.29) is 5.60 Å². The lowest BCUT2D eigenvalue weighted by molar-refractivity contribution is -0.123. The average Bonchev–Trinajstić information content (AvgIpc) is 2.49. The quantitative estimate of drug-likeness (QED) is 0.742. The third kappa shape index (κ3) is 5.20. The second-order valence-electron chi connectivity index (χ2n) is 10.8. The standard InChI is InChI=1S/C22H42N2O/c1-21(2,3)24-13-9-18(10-14-24)17-7-11-23(12-8-17)19-15-20(16-19)25-22(4,5)6/h17-20H,7-16H2,1-6H3. The van der Waals surface area contributed by atoms with Crippen LogP contribution in [0.1, 0.15) is 80.1 Å². The van der Waals surface area contributed by atoms with Crippen LogP contribution in [-0.4, -0.2) is 59.3 Å². The van der Waals surface area contributed by atoms with Crippen LogP contribution in [-0.2, 0) is 4.74 Å². The molecule has 3 rings (SSSR count). The van der Waals surface area contributed by atoms with E-state index in [2.05, 4.69) is 51.3 Å². The molecule has 0 radical (unpaired) electrons. The van der Waals surface area contributed by atoms with Crippen molar-refractivity contribution in [3.8, 4) is 0 Å². The highest BCUT2D eigenvalue weighted by Gasteiger charge is 2.39. The fourth-order valence-electron chi connectivity index (χ4n) is 5.23. The molecule has 0 N–H and O–H groups in total. The van der Waals surface area contributed by atoms with Gasteiger partial charge in [-0.25, -0.2) is 0 Å². The summed E-state index contributed by atoms with van der Waals surface area (Å²) in [6, 6.07) is 0.802. The zero-order valence-corrected chi connectivity index (χ0v) is 17.7. The minimum Gasteiger partial charge on any atom is -0.373 e. The molecule has 0 aromatic rings. The van der Waals surface area contributed by atoms with Crippen molar-refractivity contribution in [2.24, 2.45) is 11.8 Å². The number of hydrogen-bond acceptors (Lipinski definition) is 3. The molecule has 25 heavy (non-hydrogen) atoms. The molecule has 2 saturated heterocycles. The Bertz CT molecular complexity index is 414. The zero-order valence-electron chi connectivity index (χ0n) is 17.7. The van der Waals surface area contributed by atoms with Gasteiger partial charge in [-0.2, -0.15) is 0 Å². The largest absolute Gasteiger partial charge is 0.373 e. The first-order valence-electron chi connectivity index (χ1n) is 10.8. The van der Waals surface area contributed by atoms with Gasteiger partial charge in [0.2, 0.25) is 0 Å². The average molecular weight is 351 g/mol. The van der Waals surface area contributed by atoms with Crippen LogP contribution in [0.25, 0.3) is 0 Å². The van der Waals surface area contributed by atoms with Crippen molar-refractivity contribution in [2.45, 2.75) is 103 Å². The summed E-state index contributed by atoms with van der Waals surface area (Å²) in [5.41, 5.74) is 0.370. The smallest absolute Gasteiger partial charge is 0.0612 e. The van der Waals surface area contributed by atoms with Crippen molar-refractivity contribution in [1.29, 1.82) is 0 Å². The molecule has 3 aliphatic rings. The Morgan fingerprint density at radius 2 is 1.20 bits per heavy atom. The summed E-state index contributed by atoms with van der Waals surface area (Å²) in [4.78, 5) is 5.45. The van der Waals surface area contributed by atoms with Crippen LogP contribution in [0, 0.1) is 11.8 Å². The summed E-state index contributed by atoms with van der Waals surface area (Å²) in [6.07, 6.45) is 8.73. The van der Waals surface area contributed by atoms with E-state index in [0.717, 1.165) is 17.9 Å². The predicted octanol–water partition coefficient (Wildman–Crippen LogP) is 4.56. The Balaban J connectivity index is 1.36. The summed E-state index contributed by atoms with van der Waals surface area (Å²) >= 11 is 0. The van der Waals surface area contributed by atoms with Crippen molar-refractivity contribution in [2.75, 3.05) is 26.2 Å². The first kappa shape index (κ1) is 19.6. The minimum atomic E-state index is 0.0184. The van der Waals surface area contributed by atoms with Crippen LogP contribution in [0.3, 0.4) is 0 Å². The molecule has 0 amide bonds. The summed E-state index contributed by atoms with van der Waals surface area (Å²) in [5, 5.41) is 0. The Labute approximate surface area is 156 Å². The van der Waals surface area contributed by atoms with Gasteiger partial charge in [0.05, 0.1) is 11.7 Å². The normalized spacial score (nSPS) is 31.9. The van der Waals surface area contributed by atoms with E-state index < -0.39 is 0 Å². The van der Waals surface area contributed by atoms with Gasteiger partial charge in [-0.3, -0.25) is 4.90 Å². The Kier molecular flexibility index (Phi) is 5.88. The van der Waals surface area contributed by atoms with E-state index >= 15 is 0 Å². The minimum absolute atomic E-state index is 0.0184. The van der Waals surface area contributed by atoms with E-state index in [0.29, 0.717) is 11.6 Å². The molecular formula is C22H42N2O. The number of rotatable bonds is 3. The Hall–Kier alpha value is -0.120. The van der Waals surface area contributed by atoms with E-state index in [1.165, 1.54) is 64.7 Å². The van der Waals surface area contributed by atoms with Gasteiger partial charge in [-0.15, -0.1) is 0 Å². The maximum Gasteiger partial charge on any atom is 0.0612 e. The molecule has 0 spiro atoms. The summed E-state index contributed by atoms with van der Waals surface area (Å²) < 4.78 is 6.12. The van der Waals surface area contributed by atoms with Crippen molar-refractivity contribution >= 4 is 0 Å². The first-order chi connectivity index (χ1) is 11.6. The maximum absolute atomic E-state index is 6.12. The van der Waals surface area contributed by atoms with E-state index in [9.17, 15) is 0 Å². The van der Waals surface area contributed by atoms with Crippen molar-refractivity contribution in [3.05, 3.63) is 0 Å². The summed E-state index contributed by atoms with van der Waals surface area (Å²) in [7, 11) is 0. The topological polar surface area (TPSA) is 15.7 Å². The summed E-state index contributed by atoms with van der Waals surface area (Å²) in [5.74, 6) is 1.97. The first-order valence-corrected chi connectivity index (χ1v) is 10.8. The molecule has 0 aromatic heterocycles. The fourth-order valence-corrected chi connectivity index (χ4v) is 5.23. The van der Waals surface area contributed by atoms with Gasteiger partial charge in [0, 0.05) is 11.6 Å². The molecule has 146 valence electrons. The number of likely N-dealkylation sites (tertiary alicyclic amines) is 2. The molecule has 3 nitrogen and oxygen atoms in total. The third-order valence-corrected chi connectivity index (χ3v) is 6.84. The van der Waals surface area contributed by atoms with Gasteiger partial charge >= 0.3 is 0 Å². The molecular weight excluding hydrogens is 308 g/mol. The highest BCUT2D eigenvalue weighted by molar-refractivity contribution is 4.93. The highest BCUT2D eigenvalue weighted by Crippen LogP contribution is 2.38. The molecule has 0 aromatic carbocycles. The van der Waals surface area contributed by atoms with Crippen LogP contribution in [0.15, 0.2) is 0 Å². The zero-order chi connectivity index (χ0) is 18.2. The van der Waals surface area contributed by atoms with Crippen LogP contribution >= 0.6 is 0 Å². The molecule has 2 aliphatic heterocycles. The number of hydrogen-bond donors (Lipinski definition) is 0. The molecule has 3 fully saturated rings. The Morgan fingerprint density at radius 1 is 0.720 bits per heavy atom. The lowest BCUT2D eigenvalue weighted by Crippen LogP contribution is -2.53. The molecule has 1 saturated carbocycles. The SMILES string of the molecule is CC(C)(C)OC1CC(N2CCC(C3CCN(C(C)(C)C)CC3)CC2)C1. The van der Waals surface area contributed by atoms with Gasteiger partial charge < -0.3 is 9.64 Å². The molecule has 0 unspecified atom stereocenters. The highest BCUT2D eigenvalue weighted by atomic mass is 16.5. The number of piperidine rings is 2. The molecule has 3 heteroatoms. The lowest BCUT2D eigenvalue weighted by atomic mass is 9.77. The van der Waals surface area contributed by atoms with Crippen LogP contribution in [0.5, 0.6) is 0 Å². The van der Waals surface area contributed by atoms with Gasteiger partial charge in [0.15, 0.2) is 0 Å². The number of ether oxygens (including phenoxy) is 1. The fraction of sp³-hybridized carbons (Fsp3) is 1.00. The van der Waals surface area contributed by atoms with Crippen molar-refractivity contribution in [1.82, 2.24) is 9.80 Å². The molecule has 2 heterocycles. The lowest BCUT2D eigenvalue weighted by Gasteiger charge is -2.49. The van der Waals surface area contributed by atoms with Gasteiger partial charge in [-0.1, -0.05) is 0 Å². The monoisotopic (exact) mass is 350 g/mol. The van der Waals surface area contributed by atoms with Crippen molar-refractivity contribution in [3.63, 3.8) is 0 Å². The Morgan fingerprint density at radius 3 is 1.64 bits per heavy atom. The molecule has 0 bridgehead atoms.